The van der Waals surface area contributed by atoms with Gasteiger partial charge in [0.05, 0.1) is 16.5 Å². The summed E-state index contributed by atoms with van der Waals surface area (Å²) in [5, 5.41) is 14.2. The molecule has 6 rings (SSSR count). The number of sulfonamides is 1. The minimum Gasteiger partial charge on any atom is -0.511 e. The number of amides is 1. The number of fused-ring (bicyclic) bond motifs is 6. The van der Waals surface area contributed by atoms with Gasteiger partial charge < -0.3 is 15.3 Å². The molecule has 206 valence electrons. The van der Waals surface area contributed by atoms with E-state index in [9.17, 15) is 31.1 Å². The molecule has 4 atom stereocenters. The van der Waals surface area contributed by atoms with E-state index in [1.807, 2.05) is 0 Å². The van der Waals surface area contributed by atoms with Crippen molar-refractivity contribution in [3.05, 3.63) is 69.7 Å². The first-order valence-corrected chi connectivity index (χ1v) is 16.3. The Hall–Kier alpha value is -2.96. The van der Waals surface area contributed by atoms with Crippen LogP contribution in [0.1, 0.15) is 30.4 Å². The van der Waals surface area contributed by atoms with Crippen molar-refractivity contribution in [3.63, 3.8) is 0 Å². The third kappa shape index (κ3) is 4.52. The van der Waals surface area contributed by atoms with Gasteiger partial charge in [0.2, 0.25) is 0 Å². The molecule has 0 saturated heterocycles. The van der Waals surface area contributed by atoms with Crippen LogP contribution >= 0.6 is 11.6 Å². The van der Waals surface area contributed by atoms with E-state index in [2.05, 4.69) is 9.71 Å². The minimum atomic E-state index is -4.33. The summed E-state index contributed by atoms with van der Waals surface area (Å²) in [5.74, 6) is -2.03. The molecule has 2 N–H and O–H groups in total. The van der Waals surface area contributed by atoms with Gasteiger partial charge in [0.15, 0.2) is 15.7 Å². The summed E-state index contributed by atoms with van der Waals surface area (Å²) in [4.78, 5) is 15.4. The Bertz CT molecular complexity index is 1710. The fourth-order valence-electron chi connectivity index (χ4n) is 6.59. The van der Waals surface area contributed by atoms with Gasteiger partial charge in [-0.25, -0.2) is 12.8 Å². The van der Waals surface area contributed by atoms with Gasteiger partial charge in [-0.3, -0.25) is 4.79 Å². The number of anilines is 1. The number of aliphatic hydroxyl groups excluding tert-OH is 1. The molecule has 39 heavy (non-hydrogen) atoms. The maximum Gasteiger partial charge on any atom is 0.286 e. The second-order valence-electron chi connectivity index (χ2n) is 10.7. The second-order valence-corrected chi connectivity index (χ2v) is 14.9. The average molecular weight is 594 g/mol. The number of nitrogens with zero attached hydrogens (tertiary/aromatic N) is 2. The van der Waals surface area contributed by atoms with Crippen LogP contribution in [0, 0.1) is 23.6 Å². The highest BCUT2D eigenvalue weighted by atomic mass is 35.5. The number of hydrogen-bond acceptors (Lipinski definition) is 7. The van der Waals surface area contributed by atoms with Crippen LogP contribution in [-0.2, 0) is 37.0 Å². The maximum absolute atomic E-state index is 14.0. The van der Waals surface area contributed by atoms with Gasteiger partial charge in [-0.15, -0.1) is 4.40 Å². The average Bonchev–Trinajstić information content (AvgIpc) is 3.46. The maximum atomic E-state index is 14.0. The summed E-state index contributed by atoms with van der Waals surface area (Å²) in [5.41, 5.74) is 0.792. The van der Waals surface area contributed by atoms with Crippen molar-refractivity contribution < 1.29 is 31.1 Å². The van der Waals surface area contributed by atoms with E-state index in [0.29, 0.717) is 5.56 Å². The quantitative estimate of drug-likeness (QED) is 0.538. The first-order valence-electron chi connectivity index (χ1n) is 12.4. The zero-order chi connectivity index (χ0) is 27.9. The molecular weight excluding hydrogens is 569 g/mol. The SMILES string of the molecule is CS(=O)(=O)Cc1ccc2c(c1)S(=O)(=O)N=C(C1=C(O)C3C([C@@H]4CC[C@H]3C4)N(Cc3ccc(F)c(Cl)c3)C1=O)N2. The first-order chi connectivity index (χ1) is 18.3. The van der Waals surface area contributed by atoms with Crippen LogP contribution in [0.4, 0.5) is 10.1 Å². The lowest BCUT2D eigenvalue weighted by Gasteiger charge is -2.44. The molecule has 13 heteroatoms. The van der Waals surface area contributed by atoms with Gasteiger partial charge in [0, 0.05) is 24.8 Å². The lowest BCUT2D eigenvalue weighted by Crippen LogP contribution is -2.53. The van der Waals surface area contributed by atoms with Crippen LogP contribution < -0.4 is 5.32 Å². The molecule has 0 spiro atoms. The summed E-state index contributed by atoms with van der Waals surface area (Å²) >= 11 is 5.98. The lowest BCUT2D eigenvalue weighted by molar-refractivity contribution is -0.134. The highest BCUT2D eigenvalue weighted by Gasteiger charge is 2.57. The second kappa shape index (κ2) is 9.03. The number of amidine groups is 1. The van der Waals surface area contributed by atoms with Crippen LogP contribution in [0.25, 0.3) is 0 Å². The number of hydrogen-bond donors (Lipinski definition) is 2. The Kier molecular flexibility index (Phi) is 6.09. The van der Waals surface area contributed by atoms with E-state index in [4.69, 9.17) is 11.6 Å². The predicted molar refractivity (Wildman–Crippen MR) is 143 cm³/mol. The van der Waals surface area contributed by atoms with Crippen molar-refractivity contribution in [1.82, 2.24) is 4.90 Å². The van der Waals surface area contributed by atoms with Gasteiger partial charge in [-0.05, 0) is 66.5 Å². The highest BCUT2D eigenvalue weighted by molar-refractivity contribution is 7.90. The van der Waals surface area contributed by atoms with Crippen LogP contribution in [0.5, 0.6) is 0 Å². The number of benzene rings is 2. The van der Waals surface area contributed by atoms with Gasteiger partial charge in [0.1, 0.15) is 22.0 Å². The van der Waals surface area contributed by atoms with E-state index in [1.165, 1.54) is 30.3 Å². The fourth-order valence-corrected chi connectivity index (χ4v) is 8.75. The number of aliphatic hydroxyl groups is 1. The molecule has 2 aliphatic heterocycles. The molecule has 2 saturated carbocycles. The summed E-state index contributed by atoms with van der Waals surface area (Å²) < 4.78 is 67.5. The molecule has 2 heterocycles. The largest absolute Gasteiger partial charge is 0.511 e. The summed E-state index contributed by atoms with van der Waals surface area (Å²) in [6.45, 7) is 0.103. The molecule has 2 unspecified atom stereocenters. The predicted octanol–water partition coefficient (Wildman–Crippen LogP) is 3.81. The molecule has 2 fully saturated rings. The molecule has 1 amide bonds. The van der Waals surface area contributed by atoms with Gasteiger partial charge in [-0.2, -0.15) is 8.42 Å². The Morgan fingerprint density at radius 3 is 2.59 bits per heavy atom. The van der Waals surface area contributed by atoms with Gasteiger partial charge >= 0.3 is 0 Å². The van der Waals surface area contributed by atoms with Crippen molar-refractivity contribution in [1.29, 1.82) is 0 Å². The van der Waals surface area contributed by atoms with Crippen molar-refractivity contribution in [2.45, 2.75) is 42.5 Å². The van der Waals surface area contributed by atoms with Crippen LogP contribution in [0.3, 0.4) is 0 Å². The number of carbonyl (C=O) groups excluding carboxylic acids is 1. The minimum absolute atomic E-state index is 0.0728. The van der Waals surface area contributed by atoms with E-state index >= 15 is 0 Å². The molecule has 2 aromatic carbocycles. The number of rotatable bonds is 5. The van der Waals surface area contributed by atoms with Crippen molar-refractivity contribution in [3.8, 4) is 0 Å². The molecule has 0 aromatic heterocycles. The van der Waals surface area contributed by atoms with E-state index in [0.717, 1.165) is 25.5 Å². The Labute approximate surface area is 230 Å². The number of carbonyl (C=O) groups is 1. The third-order valence-electron chi connectivity index (χ3n) is 8.07. The molecule has 0 radical (unpaired) electrons. The smallest absolute Gasteiger partial charge is 0.286 e. The number of sulfone groups is 1. The Balaban J connectivity index is 1.41. The molecule has 2 bridgehead atoms. The Morgan fingerprint density at radius 2 is 1.87 bits per heavy atom. The third-order valence-corrected chi connectivity index (χ3v) is 10.5. The zero-order valence-electron chi connectivity index (χ0n) is 20.8. The molecule has 2 aliphatic carbocycles. The number of nitrogens with one attached hydrogen (secondary N) is 1. The van der Waals surface area contributed by atoms with Crippen LogP contribution in [0.15, 0.2) is 57.0 Å². The van der Waals surface area contributed by atoms with E-state index < -0.39 is 31.6 Å². The molecule has 4 aliphatic rings. The molecular formula is C26H25ClFN3O6S2. The molecule has 9 nitrogen and oxygen atoms in total. The number of halogens is 2. The van der Waals surface area contributed by atoms with Gasteiger partial charge in [0.25, 0.3) is 15.9 Å². The standard InChI is InChI=1S/C26H25ClFN3O6S2/c1-38(34,35)12-14-3-7-19-20(9-14)39(36,37)30-25(29-19)22-24(32)21-15-4-5-16(10-15)23(21)31(26(22)33)11-13-2-6-18(28)17(27)8-13/h2-3,6-9,15-16,21,23,32H,4-5,10-12H2,1H3,(H,29,30)/t15-,16+,21?,23?/m0/s1. The first kappa shape index (κ1) is 26.3. The monoisotopic (exact) mass is 593 g/mol. The lowest BCUT2D eigenvalue weighted by atomic mass is 9.77. The summed E-state index contributed by atoms with van der Waals surface area (Å²) in [7, 11) is -7.73. The van der Waals surface area contributed by atoms with Crippen molar-refractivity contribution >= 4 is 48.9 Å². The van der Waals surface area contributed by atoms with Crippen molar-refractivity contribution in [2.75, 3.05) is 11.6 Å². The summed E-state index contributed by atoms with van der Waals surface area (Å²) in [6, 6.07) is 8.09. The van der Waals surface area contributed by atoms with Gasteiger partial charge in [-0.1, -0.05) is 23.7 Å². The topological polar surface area (TPSA) is 133 Å². The van der Waals surface area contributed by atoms with Crippen LogP contribution in [-0.4, -0.2) is 50.9 Å². The van der Waals surface area contributed by atoms with Crippen LogP contribution in [0.2, 0.25) is 5.02 Å². The van der Waals surface area contributed by atoms with E-state index in [-0.39, 0.29) is 74.4 Å². The Morgan fingerprint density at radius 1 is 1.15 bits per heavy atom. The fraction of sp³-hybridized carbons (Fsp3) is 0.385. The zero-order valence-corrected chi connectivity index (χ0v) is 23.2. The highest BCUT2D eigenvalue weighted by Crippen LogP contribution is 2.55. The van der Waals surface area contributed by atoms with Crippen molar-refractivity contribution in [2.24, 2.45) is 22.2 Å². The summed E-state index contributed by atoms with van der Waals surface area (Å²) in [6.07, 6.45) is 3.69. The molecule has 2 aromatic rings. The van der Waals surface area contributed by atoms with E-state index in [1.54, 1.807) is 11.0 Å². The normalized spacial score (nSPS) is 27.2.